The molecule has 19 heavy (non-hydrogen) atoms. The Morgan fingerprint density at radius 1 is 1.11 bits per heavy atom. The summed E-state index contributed by atoms with van der Waals surface area (Å²) in [5.41, 5.74) is 0.0422. The van der Waals surface area contributed by atoms with Crippen molar-refractivity contribution < 1.29 is 17.9 Å². The van der Waals surface area contributed by atoms with Gasteiger partial charge in [-0.15, -0.1) is 0 Å². The highest BCUT2D eigenvalue weighted by atomic mass is 19.4. The molecule has 0 heterocycles. The van der Waals surface area contributed by atoms with Crippen LogP contribution in [0.15, 0.2) is 0 Å². The first-order chi connectivity index (χ1) is 8.74. The average molecular weight is 283 g/mol. The van der Waals surface area contributed by atoms with Crippen molar-refractivity contribution in [2.24, 2.45) is 11.3 Å². The van der Waals surface area contributed by atoms with Crippen LogP contribution in [0.2, 0.25) is 0 Å². The number of ether oxygens (including phenoxy) is 1. The smallest absolute Gasteiger partial charge is 0.372 e. The Morgan fingerprint density at radius 3 is 2.11 bits per heavy atom. The molecule has 0 spiro atoms. The second-order valence-electron chi connectivity index (χ2n) is 5.65. The van der Waals surface area contributed by atoms with E-state index in [0.717, 1.165) is 25.9 Å². The van der Waals surface area contributed by atoms with Crippen LogP contribution >= 0.6 is 0 Å². The fraction of sp³-hybridized carbons (Fsp3) is 1.00. The second kappa shape index (κ2) is 8.80. The zero-order valence-corrected chi connectivity index (χ0v) is 12.6. The molecular weight excluding hydrogens is 255 g/mol. The van der Waals surface area contributed by atoms with Crippen LogP contribution in [0.4, 0.5) is 13.2 Å². The third-order valence-electron chi connectivity index (χ3n) is 3.60. The summed E-state index contributed by atoms with van der Waals surface area (Å²) in [6.45, 7) is 9.26. The molecule has 0 aliphatic carbocycles. The third kappa shape index (κ3) is 9.27. The minimum absolute atomic E-state index is 0.0422. The zero-order chi connectivity index (χ0) is 14.9. The fourth-order valence-corrected chi connectivity index (χ4v) is 2.04. The van der Waals surface area contributed by atoms with E-state index >= 15 is 0 Å². The first kappa shape index (κ1) is 18.7. The second-order valence-corrected chi connectivity index (χ2v) is 5.65. The largest absolute Gasteiger partial charge is 0.411 e. The van der Waals surface area contributed by atoms with Gasteiger partial charge in [-0.3, -0.25) is 0 Å². The molecule has 0 saturated carbocycles. The highest BCUT2D eigenvalue weighted by Gasteiger charge is 2.29. The topological polar surface area (TPSA) is 21.3 Å². The Hall–Kier alpha value is -0.290. The number of halogens is 3. The summed E-state index contributed by atoms with van der Waals surface area (Å²) in [5, 5.41) is 3.41. The van der Waals surface area contributed by atoms with Gasteiger partial charge in [0.15, 0.2) is 0 Å². The maximum Gasteiger partial charge on any atom is 0.411 e. The molecule has 0 aromatic heterocycles. The molecule has 0 aliphatic heterocycles. The molecule has 0 saturated heterocycles. The molecule has 1 N–H and O–H groups in total. The summed E-state index contributed by atoms with van der Waals surface area (Å²) >= 11 is 0. The highest BCUT2D eigenvalue weighted by Crippen LogP contribution is 2.30. The maximum atomic E-state index is 12.0. The Balaban J connectivity index is 4.08. The first-order valence-corrected chi connectivity index (χ1v) is 7.10. The van der Waals surface area contributed by atoms with Crippen LogP contribution in [-0.4, -0.2) is 32.5 Å². The van der Waals surface area contributed by atoms with Crippen LogP contribution in [0.1, 0.15) is 47.0 Å². The number of hydrogen-bond donors (Lipinski definition) is 1. The van der Waals surface area contributed by atoms with Gasteiger partial charge in [0.25, 0.3) is 0 Å². The SMILES string of the molecule is CCC(CC)(CCOCC(F)(F)F)CNCC(C)C. The van der Waals surface area contributed by atoms with Crippen molar-refractivity contribution in [3.63, 3.8) is 0 Å². The molecule has 0 fully saturated rings. The predicted octanol–water partition coefficient (Wildman–Crippen LogP) is 4.01. The monoisotopic (exact) mass is 283 g/mol. The predicted molar refractivity (Wildman–Crippen MR) is 72.2 cm³/mol. The van der Waals surface area contributed by atoms with Gasteiger partial charge in [-0.2, -0.15) is 13.2 Å². The Kier molecular flexibility index (Phi) is 8.66. The molecule has 2 nitrogen and oxygen atoms in total. The van der Waals surface area contributed by atoms with Crippen molar-refractivity contribution in [1.29, 1.82) is 0 Å². The van der Waals surface area contributed by atoms with Crippen molar-refractivity contribution >= 4 is 0 Å². The average Bonchev–Trinajstić information content (AvgIpc) is 2.31. The summed E-state index contributed by atoms with van der Waals surface area (Å²) in [4.78, 5) is 0. The van der Waals surface area contributed by atoms with Crippen LogP contribution < -0.4 is 5.32 Å². The Morgan fingerprint density at radius 2 is 1.68 bits per heavy atom. The van der Waals surface area contributed by atoms with E-state index in [2.05, 4.69) is 33.0 Å². The van der Waals surface area contributed by atoms with Crippen LogP contribution in [0.25, 0.3) is 0 Å². The van der Waals surface area contributed by atoms with Gasteiger partial charge in [0.2, 0.25) is 0 Å². The molecule has 0 atom stereocenters. The minimum Gasteiger partial charge on any atom is -0.372 e. The van der Waals surface area contributed by atoms with Gasteiger partial charge in [0.1, 0.15) is 6.61 Å². The van der Waals surface area contributed by atoms with Crippen LogP contribution in [0, 0.1) is 11.3 Å². The van der Waals surface area contributed by atoms with Crippen molar-refractivity contribution in [3.05, 3.63) is 0 Å². The summed E-state index contributed by atoms with van der Waals surface area (Å²) < 4.78 is 40.7. The lowest BCUT2D eigenvalue weighted by molar-refractivity contribution is -0.175. The van der Waals surface area contributed by atoms with E-state index in [1.807, 2.05) is 0 Å². The lowest BCUT2D eigenvalue weighted by Crippen LogP contribution is -2.36. The molecule has 0 radical (unpaired) electrons. The minimum atomic E-state index is -4.23. The van der Waals surface area contributed by atoms with E-state index in [9.17, 15) is 13.2 Å². The van der Waals surface area contributed by atoms with Crippen molar-refractivity contribution in [1.82, 2.24) is 5.32 Å². The molecule has 0 rings (SSSR count). The van der Waals surface area contributed by atoms with Gasteiger partial charge in [-0.25, -0.2) is 0 Å². The van der Waals surface area contributed by atoms with E-state index in [1.54, 1.807) is 0 Å². The number of alkyl halides is 3. The van der Waals surface area contributed by atoms with Gasteiger partial charge >= 0.3 is 6.18 Å². The maximum absolute atomic E-state index is 12.0. The Labute approximate surface area is 115 Å². The molecule has 0 aromatic carbocycles. The molecule has 5 heteroatoms. The standard InChI is InChI=1S/C14H28F3NO/c1-5-13(6-2,10-18-9-12(3)4)7-8-19-11-14(15,16)17/h12,18H,5-11H2,1-4H3. The molecule has 0 bridgehead atoms. The third-order valence-corrected chi connectivity index (χ3v) is 3.60. The molecule has 0 aliphatic rings. The number of nitrogens with one attached hydrogen (secondary N) is 1. The van der Waals surface area contributed by atoms with Gasteiger partial charge in [0.05, 0.1) is 0 Å². The van der Waals surface area contributed by atoms with Crippen LogP contribution in [-0.2, 0) is 4.74 Å². The lowest BCUT2D eigenvalue weighted by atomic mass is 9.79. The van der Waals surface area contributed by atoms with E-state index < -0.39 is 12.8 Å². The normalized spacial score (nSPS) is 13.3. The van der Waals surface area contributed by atoms with Gasteiger partial charge in [0, 0.05) is 13.2 Å². The van der Waals surface area contributed by atoms with Crippen LogP contribution in [0.3, 0.4) is 0 Å². The quantitative estimate of drug-likeness (QED) is 0.612. The number of hydrogen-bond acceptors (Lipinski definition) is 2. The fourth-order valence-electron chi connectivity index (χ4n) is 2.04. The number of rotatable bonds is 10. The molecule has 0 aromatic rings. The summed E-state index contributed by atoms with van der Waals surface area (Å²) in [5.74, 6) is 0.577. The molecular formula is C14H28F3NO. The summed E-state index contributed by atoms with van der Waals surface area (Å²) in [6.07, 6.45) is -1.66. The first-order valence-electron chi connectivity index (χ1n) is 7.10. The zero-order valence-electron chi connectivity index (χ0n) is 12.6. The molecule has 116 valence electrons. The molecule has 0 amide bonds. The van der Waals surface area contributed by atoms with E-state index in [0.29, 0.717) is 12.3 Å². The Bertz CT molecular complexity index is 225. The summed E-state index contributed by atoms with van der Waals surface area (Å²) in [7, 11) is 0. The summed E-state index contributed by atoms with van der Waals surface area (Å²) in [6, 6.07) is 0. The van der Waals surface area contributed by atoms with Crippen molar-refractivity contribution in [2.45, 2.75) is 53.1 Å². The van der Waals surface area contributed by atoms with Gasteiger partial charge in [-0.1, -0.05) is 27.7 Å². The van der Waals surface area contributed by atoms with Crippen molar-refractivity contribution in [2.75, 3.05) is 26.3 Å². The molecule has 0 unspecified atom stereocenters. The van der Waals surface area contributed by atoms with E-state index in [-0.39, 0.29) is 12.0 Å². The van der Waals surface area contributed by atoms with Crippen molar-refractivity contribution in [3.8, 4) is 0 Å². The lowest BCUT2D eigenvalue weighted by Gasteiger charge is -2.32. The van der Waals surface area contributed by atoms with E-state index in [4.69, 9.17) is 4.74 Å². The van der Waals surface area contributed by atoms with Crippen LogP contribution in [0.5, 0.6) is 0 Å². The highest BCUT2D eigenvalue weighted by molar-refractivity contribution is 4.79. The van der Waals surface area contributed by atoms with Gasteiger partial charge < -0.3 is 10.1 Å². The van der Waals surface area contributed by atoms with Gasteiger partial charge in [-0.05, 0) is 37.1 Å². The van der Waals surface area contributed by atoms with E-state index in [1.165, 1.54) is 0 Å².